The van der Waals surface area contributed by atoms with Crippen LogP contribution in [0.25, 0.3) is 34.0 Å². The van der Waals surface area contributed by atoms with E-state index in [0.717, 1.165) is 31.2 Å². The van der Waals surface area contributed by atoms with Crippen molar-refractivity contribution in [3.8, 4) is 34.5 Å². The Bertz CT molecular complexity index is 1440. The largest absolute Gasteiger partial charge is 0.497 e. The van der Waals surface area contributed by atoms with E-state index in [1.165, 1.54) is 0 Å². The Kier molecular flexibility index (Phi) is 6.24. The molecular formula is C25H27N3O6S. The van der Waals surface area contributed by atoms with Crippen LogP contribution in [0.2, 0.25) is 0 Å². The molecule has 1 aliphatic rings. The van der Waals surface area contributed by atoms with Gasteiger partial charge in [-0.15, -0.1) is 0 Å². The summed E-state index contributed by atoms with van der Waals surface area (Å²) in [5.41, 5.74) is 1.94. The van der Waals surface area contributed by atoms with Crippen molar-refractivity contribution in [1.29, 1.82) is 0 Å². The van der Waals surface area contributed by atoms with Crippen molar-refractivity contribution in [2.24, 2.45) is 0 Å². The van der Waals surface area contributed by atoms with Crippen LogP contribution in [0.15, 0.2) is 50.2 Å². The lowest BCUT2D eigenvalue weighted by atomic mass is 10.1. The zero-order valence-corrected chi connectivity index (χ0v) is 20.7. The van der Waals surface area contributed by atoms with Crippen molar-refractivity contribution in [1.82, 2.24) is 14.4 Å². The number of methoxy groups -OCH3 is 2. The van der Waals surface area contributed by atoms with Gasteiger partial charge in [0.15, 0.2) is 5.76 Å². The number of aromatic nitrogens is 2. The minimum atomic E-state index is -3.58. The number of hydrogen-bond acceptors (Lipinski definition) is 8. The minimum absolute atomic E-state index is 0.201. The lowest BCUT2D eigenvalue weighted by Gasteiger charge is -2.19. The van der Waals surface area contributed by atoms with Gasteiger partial charge in [0.05, 0.1) is 19.1 Å². The van der Waals surface area contributed by atoms with Crippen LogP contribution in [0.3, 0.4) is 0 Å². The molecule has 4 aromatic rings. The van der Waals surface area contributed by atoms with Crippen LogP contribution < -0.4 is 9.47 Å². The number of sulfonamides is 1. The molecular weight excluding hydrogens is 470 g/mol. The summed E-state index contributed by atoms with van der Waals surface area (Å²) in [7, 11) is -0.440. The first-order valence-electron chi connectivity index (χ1n) is 11.5. The number of nitrogens with zero attached hydrogens (tertiary/aromatic N) is 3. The van der Waals surface area contributed by atoms with Crippen LogP contribution in [-0.4, -0.2) is 50.2 Å². The van der Waals surface area contributed by atoms with Crippen LogP contribution >= 0.6 is 0 Å². The molecule has 1 fully saturated rings. The van der Waals surface area contributed by atoms with Crippen LogP contribution in [0, 0.1) is 6.92 Å². The molecule has 10 heteroatoms. The number of ether oxygens (including phenoxy) is 2. The molecule has 0 bridgehead atoms. The molecule has 2 aromatic carbocycles. The van der Waals surface area contributed by atoms with Gasteiger partial charge in [-0.05, 0) is 50.1 Å². The molecule has 1 saturated heterocycles. The summed E-state index contributed by atoms with van der Waals surface area (Å²) in [6, 6.07) is 10.3. The van der Waals surface area contributed by atoms with E-state index in [4.69, 9.17) is 18.4 Å². The van der Waals surface area contributed by atoms with E-state index in [2.05, 4.69) is 10.1 Å². The first kappa shape index (κ1) is 23.4. The second-order valence-corrected chi connectivity index (χ2v) is 10.5. The van der Waals surface area contributed by atoms with Gasteiger partial charge in [0.2, 0.25) is 15.8 Å². The second-order valence-electron chi connectivity index (χ2n) is 8.56. The summed E-state index contributed by atoms with van der Waals surface area (Å²) in [5, 5.41) is 4.79. The maximum Gasteiger partial charge on any atom is 0.294 e. The molecule has 35 heavy (non-hydrogen) atoms. The Hall–Kier alpha value is -3.37. The second kappa shape index (κ2) is 9.35. The summed E-state index contributed by atoms with van der Waals surface area (Å²) < 4.78 is 50.3. The number of rotatable bonds is 6. The summed E-state index contributed by atoms with van der Waals surface area (Å²) in [6.07, 6.45) is 3.89. The van der Waals surface area contributed by atoms with Gasteiger partial charge in [0.25, 0.3) is 5.89 Å². The fraction of sp³-hybridized carbons (Fsp3) is 0.360. The third kappa shape index (κ3) is 4.39. The standard InChI is InChI=1S/C25H27N3O6S/c1-16-21-15-20(35(29,30)28-10-6-4-5-7-11-28)8-9-22(21)33-23(16)25-26-24(27-34-25)17-12-18(31-2)14-19(13-17)32-3/h8-9,12-15H,4-7,10-11H2,1-3H3. The number of fused-ring (bicyclic) bond motifs is 1. The van der Waals surface area contributed by atoms with Crippen molar-refractivity contribution < 1.29 is 26.8 Å². The fourth-order valence-corrected chi connectivity index (χ4v) is 5.91. The van der Waals surface area contributed by atoms with Crippen LogP contribution in [0.5, 0.6) is 11.5 Å². The van der Waals surface area contributed by atoms with Crippen molar-refractivity contribution in [2.45, 2.75) is 37.5 Å². The number of aryl methyl sites for hydroxylation is 1. The average molecular weight is 498 g/mol. The normalized spacial score (nSPS) is 15.3. The van der Waals surface area contributed by atoms with Gasteiger partial charge in [0, 0.05) is 35.7 Å². The van der Waals surface area contributed by atoms with Gasteiger partial charge in [-0.2, -0.15) is 9.29 Å². The Morgan fingerprint density at radius 2 is 1.63 bits per heavy atom. The van der Waals surface area contributed by atoms with E-state index in [9.17, 15) is 8.42 Å². The smallest absolute Gasteiger partial charge is 0.294 e. The predicted octanol–water partition coefficient (Wildman–Crippen LogP) is 5.04. The quantitative estimate of drug-likeness (QED) is 0.365. The van der Waals surface area contributed by atoms with Crippen molar-refractivity contribution in [2.75, 3.05) is 27.3 Å². The molecule has 9 nitrogen and oxygen atoms in total. The zero-order chi connectivity index (χ0) is 24.6. The molecule has 0 radical (unpaired) electrons. The van der Waals surface area contributed by atoms with E-state index in [0.29, 0.717) is 52.7 Å². The molecule has 0 N–H and O–H groups in total. The lowest BCUT2D eigenvalue weighted by Crippen LogP contribution is -2.31. The third-order valence-corrected chi connectivity index (χ3v) is 8.24. The molecule has 5 rings (SSSR count). The average Bonchev–Trinajstić information content (AvgIpc) is 3.37. The van der Waals surface area contributed by atoms with E-state index in [1.807, 2.05) is 6.92 Å². The molecule has 0 atom stereocenters. The SMILES string of the molecule is COc1cc(OC)cc(-c2noc(-c3oc4ccc(S(=O)(=O)N5CCCCCC5)cc4c3C)n2)c1. The molecule has 0 spiro atoms. The van der Waals surface area contributed by atoms with E-state index < -0.39 is 10.0 Å². The predicted molar refractivity (Wildman–Crippen MR) is 130 cm³/mol. The van der Waals surface area contributed by atoms with Crippen LogP contribution in [-0.2, 0) is 10.0 Å². The summed E-state index contributed by atoms with van der Waals surface area (Å²) in [4.78, 5) is 4.76. The Balaban J connectivity index is 1.50. The monoisotopic (exact) mass is 497 g/mol. The minimum Gasteiger partial charge on any atom is -0.497 e. The Morgan fingerprint density at radius 1 is 0.943 bits per heavy atom. The highest BCUT2D eigenvalue weighted by atomic mass is 32.2. The first-order valence-corrected chi connectivity index (χ1v) is 13.0. The lowest BCUT2D eigenvalue weighted by molar-refractivity contribution is 0.394. The Morgan fingerprint density at radius 3 is 2.29 bits per heavy atom. The highest BCUT2D eigenvalue weighted by molar-refractivity contribution is 7.89. The summed E-state index contributed by atoms with van der Waals surface area (Å²) in [5.74, 6) is 2.15. The maximum atomic E-state index is 13.3. The van der Waals surface area contributed by atoms with Gasteiger partial charge in [0.1, 0.15) is 17.1 Å². The van der Waals surface area contributed by atoms with E-state index in [1.54, 1.807) is 54.9 Å². The van der Waals surface area contributed by atoms with Gasteiger partial charge >= 0.3 is 0 Å². The topological polar surface area (TPSA) is 108 Å². The van der Waals surface area contributed by atoms with Gasteiger partial charge < -0.3 is 18.4 Å². The summed E-state index contributed by atoms with van der Waals surface area (Å²) >= 11 is 0. The molecule has 2 aromatic heterocycles. The van der Waals surface area contributed by atoms with Crippen molar-refractivity contribution in [3.05, 3.63) is 42.0 Å². The van der Waals surface area contributed by atoms with Crippen molar-refractivity contribution >= 4 is 21.0 Å². The molecule has 184 valence electrons. The van der Waals surface area contributed by atoms with Gasteiger partial charge in [-0.25, -0.2) is 8.42 Å². The summed E-state index contributed by atoms with van der Waals surface area (Å²) in [6.45, 7) is 2.95. The van der Waals surface area contributed by atoms with Crippen LogP contribution in [0.1, 0.15) is 31.2 Å². The molecule has 0 unspecified atom stereocenters. The number of benzene rings is 2. The fourth-order valence-electron chi connectivity index (χ4n) is 4.37. The Labute approximate surface area is 203 Å². The highest BCUT2D eigenvalue weighted by Crippen LogP contribution is 2.36. The van der Waals surface area contributed by atoms with E-state index >= 15 is 0 Å². The van der Waals surface area contributed by atoms with Gasteiger partial charge in [-0.1, -0.05) is 18.0 Å². The third-order valence-electron chi connectivity index (χ3n) is 6.34. The van der Waals surface area contributed by atoms with Crippen molar-refractivity contribution in [3.63, 3.8) is 0 Å². The highest BCUT2D eigenvalue weighted by Gasteiger charge is 2.27. The van der Waals surface area contributed by atoms with Gasteiger partial charge in [-0.3, -0.25) is 0 Å². The molecule has 0 aliphatic carbocycles. The molecule has 3 heterocycles. The zero-order valence-electron chi connectivity index (χ0n) is 19.9. The number of furan rings is 1. The molecule has 0 amide bonds. The molecule has 1 aliphatic heterocycles. The maximum absolute atomic E-state index is 13.3. The van der Waals surface area contributed by atoms with Crippen LogP contribution in [0.4, 0.5) is 0 Å². The number of hydrogen-bond donors (Lipinski definition) is 0. The molecule has 0 saturated carbocycles. The first-order chi connectivity index (χ1) is 16.9. The van der Waals surface area contributed by atoms with E-state index in [-0.39, 0.29) is 10.8 Å².